The molecule has 0 radical (unpaired) electrons. The number of sulfonamides is 1. The van der Waals surface area contributed by atoms with Gasteiger partial charge in [-0.2, -0.15) is 0 Å². The predicted molar refractivity (Wildman–Crippen MR) is 97.0 cm³/mol. The zero-order valence-electron chi connectivity index (χ0n) is 14.0. The Morgan fingerprint density at radius 3 is 2.56 bits per heavy atom. The van der Waals surface area contributed by atoms with Crippen molar-refractivity contribution in [1.29, 1.82) is 0 Å². The Kier molecular flexibility index (Phi) is 4.76. The van der Waals surface area contributed by atoms with Crippen LogP contribution in [0.15, 0.2) is 64.2 Å². The van der Waals surface area contributed by atoms with Crippen molar-refractivity contribution in [2.45, 2.75) is 25.3 Å². The smallest absolute Gasteiger partial charge is 0.263 e. The van der Waals surface area contributed by atoms with E-state index in [4.69, 9.17) is 4.42 Å². The zero-order valence-corrected chi connectivity index (χ0v) is 14.8. The van der Waals surface area contributed by atoms with Crippen LogP contribution in [0.4, 0.5) is 11.5 Å². The molecule has 0 bridgehead atoms. The summed E-state index contributed by atoms with van der Waals surface area (Å²) in [6.07, 6.45) is 3.18. The van der Waals surface area contributed by atoms with Gasteiger partial charge in [0.25, 0.3) is 10.0 Å². The number of benzene rings is 1. The van der Waals surface area contributed by atoms with Crippen LogP contribution in [0.2, 0.25) is 0 Å². The quantitative estimate of drug-likeness (QED) is 0.703. The minimum atomic E-state index is -3.66. The first-order chi connectivity index (χ1) is 11.9. The summed E-state index contributed by atoms with van der Waals surface area (Å²) in [6.45, 7) is 4.35. The van der Waals surface area contributed by atoms with Crippen LogP contribution in [0.5, 0.6) is 0 Å². The molecule has 0 aliphatic rings. The molecule has 7 heteroatoms. The van der Waals surface area contributed by atoms with Crippen molar-refractivity contribution in [2.24, 2.45) is 0 Å². The number of hydrogen-bond donors (Lipinski definition) is 2. The Labute approximate surface area is 147 Å². The summed E-state index contributed by atoms with van der Waals surface area (Å²) in [7, 11) is -3.66. The van der Waals surface area contributed by atoms with Crippen molar-refractivity contribution in [2.75, 3.05) is 10.0 Å². The monoisotopic (exact) mass is 357 g/mol. The molecule has 0 saturated carbocycles. The third-order valence-corrected chi connectivity index (χ3v) is 5.19. The number of nitrogens with zero attached hydrogens (tertiary/aromatic N) is 1. The minimum absolute atomic E-state index is 0.220. The summed E-state index contributed by atoms with van der Waals surface area (Å²) in [4.78, 5) is 4.37. The minimum Gasteiger partial charge on any atom is -0.467 e. The van der Waals surface area contributed by atoms with Crippen LogP contribution in [0.3, 0.4) is 0 Å². The summed E-state index contributed by atoms with van der Waals surface area (Å²) in [6, 6.07) is 12.1. The lowest BCUT2D eigenvalue weighted by Gasteiger charge is -2.10. The second kappa shape index (κ2) is 6.98. The van der Waals surface area contributed by atoms with Gasteiger partial charge in [-0.3, -0.25) is 4.72 Å². The fourth-order valence-corrected chi connectivity index (χ4v) is 3.33. The highest BCUT2D eigenvalue weighted by atomic mass is 32.2. The summed E-state index contributed by atoms with van der Waals surface area (Å²) in [5.41, 5.74) is 2.74. The zero-order chi connectivity index (χ0) is 17.9. The van der Waals surface area contributed by atoms with E-state index in [1.807, 2.05) is 26.0 Å². The summed E-state index contributed by atoms with van der Waals surface area (Å²) in [5.74, 6) is 1.07. The topological polar surface area (TPSA) is 84.2 Å². The van der Waals surface area contributed by atoms with Crippen LogP contribution in [0.25, 0.3) is 0 Å². The maximum atomic E-state index is 12.5. The molecular formula is C18H19N3O3S. The normalized spacial score (nSPS) is 11.3. The first kappa shape index (κ1) is 17.0. The largest absolute Gasteiger partial charge is 0.467 e. The number of aryl methyl sites for hydroxylation is 2. The number of furan rings is 1. The Balaban J connectivity index is 1.68. The molecule has 0 fully saturated rings. The molecule has 3 aromatic rings. The van der Waals surface area contributed by atoms with E-state index in [9.17, 15) is 8.42 Å². The van der Waals surface area contributed by atoms with Crippen molar-refractivity contribution < 1.29 is 12.8 Å². The second-order valence-corrected chi connectivity index (χ2v) is 7.40. The lowest BCUT2D eigenvalue weighted by molar-refractivity contribution is 0.518. The third kappa shape index (κ3) is 4.19. The Hall–Kier alpha value is -2.80. The molecule has 0 amide bonds. The fraction of sp³-hybridized carbons (Fsp3) is 0.167. The van der Waals surface area contributed by atoms with Crippen LogP contribution in [-0.2, 0) is 16.6 Å². The van der Waals surface area contributed by atoms with Crippen molar-refractivity contribution in [3.63, 3.8) is 0 Å². The highest BCUT2D eigenvalue weighted by Crippen LogP contribution is 2.19. The number of hydrogen-bond acceptors (Lipinski definition) is 5. The van der Waals surface area contributed by atoms with Gasteiger partial charge in [-0.25, -0.2) is 13.4 Å². The Morgan fingerprint density at radius 1 is 1.08 bits per heavy atom. The van der Waals surface area contributed by atoms with Crippen LogP contribution >= 0.6 is 0 Å². The molecule has 0 unspecified atom stereocenters. The van der Waals surface area contributed by atoms with E-state index in [-0.39, 0.29) is 10.7 Å². The average Bonchev–Trinajstić information content (AvgIpc) is 3.10. The van der Waals surface area contributed by atoms with E-state index in [0.717, 1.165) is 22.6 Å². The van der Waals surface area contributed by atoms with Gasteiger partial charge in [-0.1, -0.05) is 6.07 Å². The molecule has 0 spiro atoms. The average molecular weight is 357 g/mol. The molecule has 25 heavy (non-hydrogen) atoms. The number of rotatable bonds is 6. The van der Waals surface area contributed by atoms with Gasteiger partial charge in [-0.05, 0) is 61.4 Å². The maximum Gasteiger partial charge on any atom is 0.263 e. The number of aromatic nitrogens is 1. The highest BCUT2D eigenvalue weighted by molar-refractivity contribution is 7.92. The second-order valence-electron chi connectivity index (χ2n) is 5.72. The molecular weight excluding hydrogens is 338 g/mol. The Morgan fingerprint density at radius 2 is 1.92 bits per heavy atom. The Bertz CT molecular complexity index is 950. The van der Waals surface area contributed by atoms with E-state index in [0.29, 0.717) is 6.54 Å². The first-order valence-electron chi connectivity index (χ1n) is 7.76. The fourth-order valence-electron chi connectivity index (χ4n) is 2.24. The van der Waals surface area contributed by atoms with Crippen LogP contribution in [0, 0.1) is 13.8 Å². The van der Waals surface area contributed by atoms with Crippen molar-refractivity contribution in [1.82, 2.24) is 4.98 Å². The molecule has 0 aliphatic carbocycles. The van der Waals surface area contributed by atoms with Crippen LogP contribution in [-0.4, -0.2) is 13.4 Å². The molecule has 0 atom stereocenters. The van der Waals surface area contributed by atoms with Gasteiger partial charge in [-0.15, -0.1) is 0 Å². The third-order valence-electron chi connectivity index (χ3n) is 3.84. The van der Waals surface area contributed by atoms with Gasteiger partial charge in [0.1, 0.15) is 11.6 Å². The summed E-state index contributed by atoms with van der Waals surface area (Å²) in [5, 5.41) is 3.15. The lowest BCUT2D eigenvalue weighted by atomic mass is 10.1. The molecule has 6 nitrogen and oxygen atoms in total. The number of pyridine rings is 1. The molecule has 1 aromatic carbocycles. The van der Waals surface area contributed by atoms with E-state index in [1.165, 1.54) is 0 Å². The van der Waals surface area contributed by atoms with E-state index in [2.05, 4.69) is 15.0 Å². The van der Waals surface area contributed by atoms with Crippen molar-refractivity contribution >= 4 is 21.5 Å². The number of anilines is 2. The van der Waals surface area contributed by atoms with Crippen LogP contribution < -0.4 is 10.0 Å². The van der Waals surface area contributed by atoms with Crippen molar-refractivity contribution in [3.05, 3.63) is 71.8 Å². The van der Waals surface area contributed by atoms with E-state index >= 15 is 0 Å². The number of nitrogens with one attached hydrogen (secondary N) is 2. The van der Waals surface area contributed by atoms with Crippen molar-refractivity contribution in [3.8, 4) is 0 Å². The van der Waals surface area contributed by atoms with Gasteiger partial charge in [0.05, 0.1) is 29.6 Å². The molecule has 2 N–H and O–H groups in total. The predicted octanol–water partition coefficient (Wildman–Crippen LogP) is 3.70. The van der Waals surface area contributed by atoms with E-state index in [1.54, 1.807) is 42.8 Å². The van der Waals surface area contributed by atoms with Gasteiger partial charge < -0.3 is 9.73 Å². The van der Waals surface area contributed by atoms with Crippen LogP contribution in [0.1, 0.15) is 16.9 Å². The standard InChI is InChI=1S/C18H19N3O3S/c1-13-5-7-17(10-14(13)2)25(22,23)21-18-8-6-15(11-20-18)19-12-16-4-3-9-24-16/h3-11,19H,12H2,1-2H3,(H,20,21). The van der Waals surface area contributed by atoms with Gasteiger partial charge in [0, 0.05) is 0 Å². The maximum absolute atomic E-state index is 12.5. The molecule has 2 heterocycles. The summed E-state index contributed by atoms with van der Waals surface area (Å²) < 4.78 is 32.6. The van der Waals surface area contributed by atoms with Gasteiger partial charge >= 0.3 is 0 Å². The summed E-state index contributed by atoms with van der Waals surface area (Å²) >= 11 is 0. The molecule has 2 aromatic heterocycles. The molecule has 0 aliphatic heterocycles. The highest BCUT2D eigenvalue weighted by Gasteiger charge is 2.15. The van der Waals surface area contributed by atoms with Gasteiger partial charge in [0.15, 0.2) is 0 Å². The molecule has 0 saturated heterocycles. The molecule has 130 valence electrons. The SMILES string of the molecule is Cc1ccc(S(=O)(=O)Nc2ccc(NCc3ccco3)cn2)cc1C. The first-order valence-corrected chi connectivity index (χ1v) is 9.25. The van der Waals surface area contributed by atoms with E-state index < -0.39 is 10.0 Å². The van der Waals surface area contributed by atoms with Gasteiger partial charge in [0.2, 0.25) is 0 Å². The molecule has 3 rings (SSSR count). The lowest BCUT2D eigenvalue weighted by Crippen LogP contribution is -2.14.